The Bertz CT molecular complexity index is 950. The maximum Gasteiger partial charge on any atom is 0.248 e. The number of hydrogen-bond acceptors (Lipinski definition) is 6. The molecule has 2 aromatic carbocycles. The van der Waals surface area contributed by atoms with Crippen molar-refractivity contribution < 1.29 is 28.2 Å². The van der Waals surface area contributed by atoms with Gasteiger partial charge in [-0.15, -0.1) is 0 Å². The maximum atomic E-state index is 14.3. The third kappa shape index (κ3) is 4.46. The number of carbonyl (C=O) groups is 3. The van der Waals surface area contributed by atoms with Crippen molar-refractivity contribution in [1.82, 2.24) is 5.32 Å². The summed E-state index contributed by atoms with van der Waals surface area (Å²) in [5.74, 6) is -1.03. The molecular weight excluding hydrogens is 378 g/mol. The monoisotopic (exact) mass is 398 g/mol. The van der Waals surface area contributed by atoms with Crippen LogP contribution in [0.25, 0.3) is 0 Å². The van der Waals surface area contributed by atoms with Crippen molar-refractivity contribution in [1.29, 1.82) is 0 Å². The Balaban J connectivity index is 1.84. The van der Waals surface area contributed by atoms with E-state index in [1.165, 1.54) is 13.2 Å². The Hall–Kier alpha value is -3.20. The van der Waals surface area contributed by atoms with Crippen molar-refractivity contribution in [3.8, 4) is 11.5 Å². The molecule has 1 heterocycles. The molecule has 0 bridgehead atoms. The average Bonchev–Trinajstić information content (AvgIpc) is 2.71. The molecule has 0 aliphatic carbocycles. The zero-order valence-electron chi connectivity index (χ0n) is 15.9. The van der Waals surface area contributed by atoms with E-state index in [4.69, 9.17) is 15.2 Å². The van der Waals surface area contributed by atoms with Gasteiger partial charge in [-0.1, -0.05) is 24.3 Å². The van der Waals surface area contributed by atoms with Gasteiger partial charge in [-0.2, -0.15) is 0 Å². The van der Waals surface area contributed by atoms with E-state index in [1.807, 2.05) is 0 Å². The van der Waals surface area contributed by atoms with Gasteiger partial charge in [0.15, 0.2) is 11.6 Å². The number of nitrogens with two attached hydrogens (primary N) is 1. The van der Waals surface area contributed by atoms with Crippen molar-refractivity contribution in [3.63, 3.8) is 0 Å². The van der Waals surface area contributed by atoms with Gasteiger partial charge in [0.05, 0.1) is 7.11 Å². The number of ether oxygens (including phenoxy) is 2. The zero-order chi connectivity index (χ0) is 21.0. The molecule has 1 aliphatic heterocycles. The van der Waals surface area contributed by atoms with Gasteiger partial charge in [0.2, 0.25) is 18.5 Å². The van der Waals surface area contributed by atoms with Crippen LogP contribution < -0.4 is 20.5 Å². The number of benzene rings is 2. The smallest absolute Gasteiger partial charge is 0.248 e. The van der Waals surface area contributed by atoms with Gasteiger partial charge in [0, 0.05) is 35.9 Å². The third-order valence-corrected chi connectivity index (χ3v) is 4.76. The molecule has 0 spiro atoms. The Morgan fingerprint density at radius 2 is 1.79 bits per heavy atom. The molecule has 29 heavy (non-hydrogen) atoms. The molecule has 2 aromatic rings. The molecular formula is C20H20BFN2O5. The summed E-state index contributed by atoms with van der Waals surface area (Å²) < 4.78 is 25.0. The molecule has 1 fully saturated rings. The third-order valence-electron chi connectivity index (χ3n) is 4.76. The van der Waals surface area contributed by atoms with Crippen LogP contribution in [0.2, 0.25) is 12.6 Å². The fourth-order valence-electron chi connectivity index (χ4n) is 3.31. The predicted molar refractivity (Wildman–Crippen MR) is 104 cm³/mol. The Morgan fingerprint density at radius 1 is 1.14 bits per heavy atom. The summed E-state index contributed by atoms with van der Waals surface area (Å²) in [6, 6.07) is 9.56. The van der Waals surface area contributed by atoms with E-state index in [1.54, 1.807) is 30.3 Å². The fourth-order valence-corrected chi connectivity index (χ4v) is 3.31. The maximum absolute atomic E-state index is 14.3. The van der Waals surface area contributed by atoms with Crippen molar-refractivity contribution in [3.05, 3.63) is 58.9 Å². The lowest BCUT2D eigenvalue weighted by molar-refractivity contribution is -0.128. The van der Waals surface area contributed by atoms with E-state index in [9.17, 15) is 18.8 Å². The van der Waals surface area contributed by atoms with Crippen molar-refractivity contribution in [2.24, 2.45) is 5.73 Å². The summed E-state index contributed by atoms with van der Waals surface area (Å²) in [4.78, 5) is 36.1. The highest BCUT2D eigenvalue weighted by Gasteiger charge is 2.35. The van der Waals surface area contributed by atoms with Crippen LogP contribution in [-0.2, 0) is 22.7 Å². The lowest BCUT2D eigenvalue weighted by atomic mass is 9.39. The highest BCUT2D eigenvalue weighted by Crippen LogP contribution is 2.27. The number of methoxy groups -OCH3 is 1. The van der Waals surface area contributed by atoms with Gasteiger partial charge in [-0.3, -0.25) is 14.9 Å². The second-order valence-electron chi connectivity index (χ2n) is 6.65. The summed E-state index contributed by atoms with van der Waals surface area (Å²) in [6.07, 6.45) is -0.122. The second kappa shape index (κ2) is 8.87. The molecule has 3 N–H and O–H groups in total. The summed E-state index contributed by atoms with van der Waals surface area (Å²) in [7, 11) is 1.38. The van der Waals surface area contributed by atoms with Crippen LogP contribution >= 0.6 is 0 Å². The van der Waals surface area contributed by atoms with Crippen LogP contribution in [0.5, 0.6) is 11.5 Å². The molecule has 7 nitrogen and oxygen atoms in total. The molecule has 0 aromatic heterocycles. The van der Waals surface area contributed by atoms with Crippen LogP contribution in [0.4, 0.5) is 4.39 Å². The number of rotatable bonds is 7. The van der Waals surface area contributed by atoms with Gasteiger partial charge in [0.1, 0.15) is 18.0 Å². The quantitative estimate of drug-likeness (QED) is 0.544. The Kier molecular flexibility index (Phi) is 6.28. The molecule has 0 atom stereocenters. The molecule has 9 heteroatoms. The van der Waals surface area contributed by atoms with Gasteiger partial charge in [-0.25, -0.2) is 4.39 Å². The first kappa shape index (κ1) is 20.5. The lowest BCUT2D eigenvalue weighted by Crippen LogP contribution is -2.45. The van der Waals surface area contributed by atoms with Crippen molar-refractivity contribution >= 4 is 24.2 Å². The van der Waals surface area contributed by atoms with Crippen LogP contribution in [0.15, 0.2) is 36.4 Å². The minimum Gasteiger partial charge on any atom is -0.494 e. The summed E-state index contributed by atoms with van der Waals surface area (Å²) in [5, 5.41) is 2.18. The van der Waals surface area contributed by atoms with Crippen LogP contribution in [-0.4, -0.2) is 31.3 Å². The zero-order valence-corrected chi connectivity index (χ0v) is 15.9. The lowest BCUT2D eigenvalue weighted by Gasteiger charge is -2.19. The Morgan fingerprint density at radius 3 is 2.45 bits per heavy atom. The van der Waals surface area contributed by atoms with Gasteiger partial charge in [-0.05, 0) is 12.1 Å². The van der Waals surface area contributed by atoms with E-state index >= 15 is 0 Å². The predicted octanol–water partition coefficient (Wildman–Crippen LogP) is 1.75. The first-order chi connectivity index (χ1) is 13.9. The molecule has 1 aliphatic rings. The first-order valence-electron chi connectivity index (χ1n) is 9.07. The van der Waals surface area contributed by atoms with E-state index in [0.29, 0.717) is 22.4 Å². The van der Waals surface area contributed by atoms with E-state index in [-0.39, 0.29) is 37.2 Å². The largest absolute Gasteiger partial charge is 0.494 e. The minimum atomic E-state index is -0.743. The molecule has 1 saturated heterocycles. The summed E-state index contributed by atoms with van der Waals surface area (Å²) in [6.45, 7) is -0.824. The fraction of sp³-hybridized carbons (Fsp3) is 0.250. The van der Waals surface area contributed by atoms with Gasteiger partial charge in [0.25, 0.3) is 0 Å². The van der Waals surface area contributed by atoms with Crippen LogP contribution in [0.3, 0.4) is 0 Å². The van der Waals surface area contributed by atoms with E-state index in [0.717, 1.165) is 0 Å². The normalized spacial score (nSPS) is 13.8. The molecule has 0 radical (unpaired) electrons. The van der Waals surface area contributed by atoms with Gasteiger partial charge >= 0.3 is 0 Å². The number of halogens is 1. The summed E-state index contributed by atoms with van der Waals surface area (Å²) >= 11 is 0. The second-order valence-corrected chi connectivity index (χ2v) is 6.65. The number of carbonyl (C=O) groups excluding carboxylic acids is 3. The molecule has 0 unspecified atom stereocenters. The van der Waals surface area contributed by atoms with Crippen molar-refractivity contribution in [2.75, 3.05) is 7.11 Å². The number of imide groups is 1. The van der Waals surface area contributed by atoms with Crippen molar-refractivity contribution in [2.45, 2.75) is 25.8 Å². The van der Waals surface area contributed by atoms with Crippen LogP contribution in [0.1, 0.15) is 21.5 Å². The van der Waals surface area contributed by atoms with E-state index < -0.39 is 24.3 Å². The SMILES string of the molecule is COc1cccc(COc2cccc(C(=O)B3CC(=O)NC(=O)C3)c2CN)c1F. The molecule has 0 saturated carbocycles. The average molecular weight is 398 g/mol. The molecule has 3 rings (SSSR count). The Labute approximate surface area is 167 Å². The van der Waals surface area contributed by atoms with Gasteiger partial charge < -0.3 is 20.0 Å². The number of amides is 2. The number of hydrogen-bond donors (Lipinski definition) is 2. The van der Waals surface area contributed by atoms with Crippen LogP contribution in [0, 0.1) is 5.82 Å². The number of nitrogens with one attached hydrogen (secondary N) is 1. The summed E-state index contributed by atoms with van der Waals surface area (Å²) in [5.41, 5.74) is 6.53. The van der Waals surface area contributed by atoms with E-state index in [2.05, 4.69) is 5.32 Å². The minimum absolute atomic E-state index is 0.00467. The first-order valence-corrected chi connectivity index (χ1v) is 9.07. The highest BCUT2D eigenvalue weighted by atomic mass is 19.1. The molecule has 150 valence electrons. The topological polar surface area (TPSA) is 108 Å². The molecule has 2 amide bonds. The standard InChI is InChI=1S/C20H20BFN2O5/c1-28-16-7-2-4-12(19(16)22)11-29-15-6-3-5-13(14(15)10-23)20(27)21-8-17(25)24-18(26)9-21/h2-7H,8-11,23H2,1H3,(H,24,25,26). The highest BCUT2D eigenvalue weighted by molar-refractivity contribution is 6.96.